The van der Waals surface area contributed by atoms with Crippen LogP contribution in [-0.2, 0) is 38.1 Å². The molecule has 1 aliphatic heterocycles. The van der Waals surface area contributed by atoms with Gasteiger partial charge in [-0.05, 0) is 25.7 Å². The van der Waals surface area contributed by atoms with Crippen LogP contribution in [0.2, 0.25) is 0 Å². The Kier molecular flexibility index (Phi) is 18.3. The van der Waals surface area contributed by atoms with E-state index in [1.54, 1.807) is 0 Å². The summed E-state index contributed by atoms with van der Waals surface area (Å²) >= 11 is 0. The molecule has 1 unspecified atom stereocenters. The van der Waals surface area contributed by atoms with Crippen LogP contribution >= 0.6 is 0 Å². The summed E-state index contributed by atoms with van der Waals surface area (Å²) in [5.41, 5.74) is 0. The molecule has 2 amide bonds. The highest BCUT2D eigenvalue weighted by Crippen LogP contribution is 2.26. The van der Waals surface area contributed by atoms with Gasteiger partial charge in [0.05, 0.1) is 12.7 Å². The number of ether oxygens (including phenoxy) is 4. The molecule has 5 N–H and O–H groups in total. The van der Waals surface area contributed by atoms with Gasteiger partial charge in [0.25, 0.3) is 0 Å². The molecule has 0 aromatic heterocycles. The number of esters is 2. The van der Waals surface area contributed by atoms with Crippen LogP contribution in [0.15, 0.2) is 0 Å². The van der Waals surface area contributed by atoms with Gasteiger partial charge in [0.1, 0.15) is 24.9 Å². The van der Waals surface area contributed by atoms with Crippen LogP contribution in [0, 0.1) is 0 Å². The van der Waals surface area contributed by atoms with Crippen molar-refractivity contribution in [1.82, 2.24) is 10.6 Å². The largest absolute Gasteiger partial charge is 0.463 e. The normalized spacial score (nSPS) is 23.2. The van der Waals surface area contributed by atoms with Crippen LogP contribution in [0.3, 0.4) is 0 Å². The number of hydrogen-bond donors (Lipinski definition) is 5. The molecule has 0 saturated carbocycles. The summed E-state index contributed by atoms with van der Waals surface area (Å²) in [4.78, 5) is 46.5. The summed E-state index contributed by atoms with van der Waals surface area (Å²) in [6, 6.07) is -0.950. The number of rotatable bonds is 20. The van der Waals surface area contributed by atoms with Crippen molar-refractivity contribution < 1.29 is 53.4 Å². The van der Waals surface area contributed by atoms with E-state index >= 15 is 0 Å². The van der Waals surface area contributed by atoms with Gasteiger partial charge >= 0.3 is 11.9 Å². The topological polar surface area (TPSA) is 190 Å². The van der Waals surface area contributed by atoms with Crippen LogP contribution in [0.1, 0.15) is 85.0 Å². The third-order valence-corrected chi connectivity index (χ3v) is 6.37. The van der Waals surface area contributed by atoms with Crippen LogP contribution < -0.4 is 10.6 Å². The second-order valence-electron chi connectivity index (χ2n) is 10.1. The minimum Gasteiger partial charge on any atom is -0.463 e. The average molecular weight is 577 g/mol. The fourth-order valence-corrected chi connectivity index (χ4v) is 4.33. The predicted molar refractivity (Wildman–Crippen MR) is 143 cm³/mol. The third kappa shape index (κ3) is 15.5. The van der Waals surface area contributed by atoms with E-state index in [2.05, 4.69) is 10.6 Å². The van der Waals surface area contributed by atoms with Gasteiger partial charge < -0.3 is 44.9 Å². The first-order valence-corrected chi connectivity index (χ1v) is 14.1. The molecule has 0 aliphatic carbocycles. The number of aliphatic hydroxyl groups is 3. The van der Waals surface area contributed by atoms with Crippen molar-refractivity contribution >= 4 is 23.8 Å². The molecule has 1 aliphatic rings. The molecule has 13 nitrogen and oxygen atoms in total. The van der Waals surface area contributed by atoms with E-state index in [9.17, 15) is 29.4 Å². The van der Waals surface area contributed by atoms with E-state index in [4.69, 9.17) is 24.1 Å². The molecule has 6 atom stereocenters. The summed E-state index contributed by atoms with van der Waals surface area (Å²) in [5, 5.41) is 34.2. The Bertz CT molecular complexity index is 767. The Labute approximate surface area is 236 Å². The third-order valence-electron chi connectivity index (χ3n) is 6.37. The standard InChI is InChI=1S/C27H48N2O11/c1-18(31)29-24-26(39-20(3)33)25(36)22(17-38-19(2)32)40-27(24)37-15-10-8-6-4-5-7-9-13-23(35)28-14-11-12-21(34)16-30/h21-22,24-27,30,34,36H,4-17H2,1-3H3,(H,28,35)(H,29,31)/t21?,22-,24-,25+,26-,27-/m1/s1. The van der Waals surface area contributed by atoms with Crippen molar-refractivity contribution in [3.8, 4) is 0 Å². The van der Waals surface area contributed by atoms with Crippen molar-refractivity contribution in [3.05, 3.63) is 0 Å². The summed E-state index contributed by atoms with van der Waals surface area (Å²) in [6.07, 6.45) is 2.65. The molecule has 1 heterocycles. The second kappa shape index (κ2) is 20.5. The fraction of sp³-hybridized carbons (Fsp3) is 0.852. The Hall–Kier alpha value is -2.32. The first-order valence-electron chi connectivity index (χ1n) is 14.1. The van der Waals surface area contributed by atoms with Crippen LogP contribution in [0.25, 0.3) is 0 Å². The molecule has 0 spiro atoms. The molecule has 13 heteroatoms. The number of hydrogen-bond acceptors (Lipinski definition) is 11. The quantitative estimate of drug-likeness (QED) is 0.1000. The Balaban J connectivity index is 2.35. The van der Waals surface area contributed by atoms with E-state index in [0.29, 0.717) is 32.4 Å². The molecule has 1 rings (SSSR count). The van der Waals surface area contributed by atoms with Crippen LogP contribution in [0.5, 0.6) is 0 Å². The molecule has 40 heavy (non-hydrogen) atoms. The SMILES string of the molecule is CC(=O)N[C@H]1[C@H](OCCCCCCCCCC(=O)NCCCC(O)CO)O[C@H](COC(C)=O)[C@H](O)[C@@H]1OC(C)=O. The zero-order chi connectivity index (χ0) is 29.9. The lowest BCUT2D eigenvalue weighted by atomic mass is 9.96. The number of carbonyl (C=O) groups is 4. The summed E-state index contributed by atoms with van der Waals surface area (Å²) in [7, 11) is 0. The smallest absolute Gasteiger partial charge is 0.303 e. The van der Waals surface area contributed by atoms with Gasteiger partial charge in [-0.15, -0.1) is 0 Å². The zero-order valence-corrected chi connectivity index (χ0v) is 24.0. The maximum atomic E-state index is 11.8. The molecule has 0 aromatic rings. The molecule has 0 bridgehead atoms. The minimum absolute atomic E-state index is 0.00306. The van der Waals surface area contributed by atoms with Crippen LogP contribution in [0.4, 0.5) is 0 Å². The van der Waals surface area contributed by atoms with E-state index in [-0.39, 0.29) is 19.1 Å². The van der Waals surface area contributed by atoms with Crippen molar-refractivity contribution in [1.29, 1.82) is 0 Å². The van der Waals surface area contributed by atoms with Crippen molar-refractivity contribution in [3.63, 3.8) is 0 Å². The highest BCUT2D eigenvalue weighted by molar-refractivity contribution is 5.75. The lowest BCUT2D eigenvalue weighted by molar-refractivity contribution is -0.274. The highest BCUT2D eigenvalue weighted by atomic mass is 16.7. The first-order chi connectivity index (χ1) is 19.0. The van der Waals surface area contributed by atoms with Gasteiger partial charge in [-0.2, -0.15) is 0 Å². The number of aliphatic hydroxyl groups excluding tert-OH is 3. The molecule has 1 saturated heterocycles. The second-order valence-corrected chi connectivity index (χ2v) is 10.1. The first kappa shape index (κ1) is 35.7. The fourth-order valence-electron chi connectivity index (χ4n) is 4.33. The number of nitrogens with one attached hydrogen (secondary N) is 2. The van der Waals surface area contributed by atoms with Gasteiger partial charge in [0.2, 0.25) is 11.8 Å². The zero-order valence-electron chi connectivity index (χ0n) is 24.0. The molecule has 0 radical (unpaired) electrons. The van der Waals surface area contributed by atoms with Gasteiger partial charge in [-0.1, -0.05) is 32.1 Å². The van der Waals surface area contributed by atoms with E-state index in [1.165, 1.54) is 20.8 Å². The monoisotopic (exact) mass is 576 g/mol. The molecule has 1 fully saturated rings. The molecular weight excluding hydrogens is 528 g/mol. The number of carbonyl (C=O) groups excluding carboxylic acids is 4. The summed E-state index contributed by atoms with van der Waals surface area (Å²) < 4.78 is 21.9. The van der Waals surface area contributed by atoms with E-state index in [1.807, 2.05) is 0 Å². The Morgan fingerprint density at radius 3 is 2.17 bits per heavy atom. The van der Waals surface area contributed by atoms with E-state index in [0.717, 1.165) is 44.9 Å². The molecular formula is C27H48N2O11. The minimum atomic E-state index is -1.35. The van der Waals surface area contributed by atoms with Crippen molar-refractivity contribution in [2.24, 2.45) is 0 Å². The number of amides is 2. The van der Waals surface area contributed by atoms with E-state index < -0.39 is 54.6 Å². The lowest BCUT2D eigenvalue weighted by Crippen LogP contribution is -2.65. The van der Waals surface area contributed by atoms with Crippen LogP contribution in [-0.4, -0.2) is 102 Å². The Morgan fingerprint density at radius 1 is 0.925 bits per heavy atom. The van der Waals surface area contributed by atoms with Gasteiger partial charge in [0.15, 0.2) is 12.4 Å². The molecule has 232 valence electrons. The maximum absolute atomic E-state index is 11.8. The maximum Gasteiger partial charge on any atom is 0.303 e. The van der Waals surface area contributed by atoms with Gasteiger partial charge in [-0.3, -0.25) is 19.2 Å². The lowest BCUT2D eigenvalue weighted by Gasteiger charge is -2.43. The molecule has 0 aromatic carbocycles. The highest BCUT2D eigenvalue weighted by Gasteiger charge is 2.48. The van der Waals surface area contributed by atoms with Crippen molar-refractivity contribution in [2.75, 3.05) is 26.4 Å². The predicted octanol–water partition coefficient (Wildman–Crippen LogP) is 0.459. The van der Waals surface area contributed by atoms with Gasteiger partial charge in [0, 0.05) is 40.3 Å². The van der Waals surface area contributed by atoms with Crippen molar-refractivity contribution in [2.45, 2.75) is 122 Å². The summed E-state index contributed by atoms with van der Waals surface area (Å²) in [5.74, 6) is -1.63. The summed E-state index contributed by atoms with van der Waals surface area (Å²) in [6.45, 7) is 3.97. The number of unbranched alkanes of at least 4 members (excludes halogenated alkanes) is 6. The van der Waals surface area contributed by atoms with Gasteiger partial charge in [-0.25, -0.2) is 0 Å². The average Bonchev–Trinajstić information content (AvgIpc) is 2.89. The Morgan fingerprint density at radius 2 is 1.57 bits per heavy atom.